The normalized spacial score (nSPS) is 9.33. The first-order chi connectivity index (χ1) is 7.15. The molecule has 7 heteroatoms. The zero-order valence-corrected chi connectivity index (χ0v) is 21.1. The van der Waals surface area contributed by atoms with Crippen molar-refractivity contribution in [3.8, 4) is 0 Å². The van der Waals surface area contributed by atoms with Crippen molar-refractivity contribution in [2.24, 2.45) is 0 Å². The summed E-state index contributed by atoms with van der Waals surface area (Å²) < 4.78 is 12.3. The van der Waals surface area contributed by atoms with Gasteiger partial charge in [0.15, 0.2) is 0 Å². The Balaban J connectivity index is 3.15. The molecule has 1 aromatic rings. The molecule has 1 heterocycles. The third-order valence-corrected chi connectivity index (χ3v) is 21.1. The summed E-state index contributed by atoms with van der Waals surface area (Å²) in [7, 11) is 11.9. The molecule has 0 N–H and O–H groups in total. The number of hydrogen-bond donors (Lipinski definition) is 0. The first-order valence-corrected chi connectivity index (χ1v) is 23.6. The molecule has 76 valence electrons. The number of ether oxygens (including phenoxy) is 1. The fourth-order valence-corrected chi connectivity index (χ4v) is 30.4. The number of furan rings is 1. The van der Waals surface area contributed by atoms with E-state index in [1.807, 2.05) is 0 Å². The summed E-state index contributed by atoms with van der Waals surface area (Å²) in [6.07, 6.45) is 0. The second-order valence-corrected chi connectivity index (χ2v) is 14.9. The molecule has 0 fully saturated rings. The second-order valence-electron chi connectivity index (χ2n) is 2.92. The molecule has 0 bridgehead atoms. The van der Waals surface area contributed by atoms with Crippen LogP contribution in [0, 0.1) is 6.92 Å². The molecular formula is C8H8Cl2Hg2O3. The van der Waals surface area contributed by atoms with Crippen molar-refractivity contribution in [2.75, 3.05) is 6.61 Å². The van der Waals surface area contributed by atoms with Gasteiger partial charge in [0.25, 0.3) is 0 Å². The average molecular weight is 624 g/mol. The van der Waals surface area contributed by atoms with E-state index in [2.05, 4.69) is 0 Å². The molecule has 0 aliphatic rings. The SMILES string of the molecule is CCOC(=O)c1c(C)o[c]([Hg][Cl])[c]1[Hg][Cl]. The zero-order valence-electron chi connectivity index (χ0n) is 8.60. The molecule has 0 radical (unpaired) electrons. The molecule has 0 amide bonds. The Hall–Kier alpha value is 1.20. The van der Waals surface area contributed by atoms with E-state index in [0.29, 0.717) is 17.9 Å². The maximum absolute atomic E-state index is 11.7. The Morgan fingerprint density at radius 2 is 2.13 bits per heavy atom. The third kappa shape index (κ3) is 3.33. The van der Waals surface area contributed by atoms with Crippen molar-refractivity contribution in [3.05, 3.63) is 11.3 Å². The van der Waals surface area contributed by atoms with Crippen molar-refractivity contribution < 1.29 is 60.6 Å². The van der Waals surface area contributed by atoms with Crippen LogP contribution < -0.4 is 6.34 Å². The number of rotatable bonds is 4. The van der Waals surface area contributed by atoms with E-state index in [0.717, 1.165) is 6.34 Å². The number of aryl methyl sites for hydroxylation is 1. The molecule has 0 aromatic carbocycles. The van der Waals surface area contributed by atoms with Crippen LogP contribution in [-0.4, -0.2) is 12.6 Å². The first-order valence-electron chi connectivity index (χ1n) is 4.55. The fraction of sp³-hybridized carbons (Fsp3) is 0.375. The summed E-state index contributed by atoms with van der Waals surface area (Å²) in [5.74, 6) is 0.291. The molecule has 0 aliphatic carbocycles. The average Bonchev–Trinajstić information content (AvgIpc) is 2.54. The molecule has 15 heavy (non-hydrogen) atoms. The first kappa shape index (κ1) is 14.3. The third-order valence-electron chi connectivity index (χ3n) is 2.00. The van der Waals surface area contributed by atoms with Gasteiger partial charge in [-0.05, 0) is 0 Å². The van der Waals surface area contributed by atoms with E-state index in [-0.39, 0.29) is 5.97 Å². The van der Waals surface area contributed by atoms with E-state index >= 15 is 0 Å². The molecule has 0 aliphatic heterocycles. The minimum absolute atomic E-state index is 0.320. The Morgan fingerprint density at radius 3 is 2.60 bits per heavy atom. The van der Waals surface area contributed by atoms with Gasteiger partial charge in [-0.3, -0.25) is 0 Å². The molecule has 1 rings (SSSR count). The molecule has 0 saturated carbocycles. The van der Waals surface area contributed by atoms with Gasteiger partial charge in [0.1, 0.15) is 0 Å². The van der Waals surface area contributed by atoms with Crippen LogP contribution in [0.25, 0.3) is 0 Å². The Labute approximate surface area is 120 Å². The van der Waals surface area contributed by atoms with Crippen LogP contribution in [0.1, 0.15) is 23.0 Å². The van der Waals surface area contributed by atoms with Crippen LogP contribution in [0.3, 0.4) is 0 Å². The van der Waals surface area contributed by atoms with Crippen LogP contribution in [0.15, 0.2) is 4.42 Å². The summed E-state index contributed by atoms with van der Waals surface area (Å²) in [5, 5.41) is 0. The molecule has 0 saturated heterocycles. The Bertz CT molecular complexity index is 365. The van der Waals surface area contributed by atoms with Gasteiger partial charge in [-0.15, -0.1) is 0 Å². The number of carbonyl (C=O) groups is 1. The number of esters is 1. The number of halogens is 2. The van der Waals surface area contributed by atoms with Crippen molar-refractivity contribution in [3.63, 3.8) is 0 Å². The molecule has 3 nitrogen and oxygen atoms in total. The predicted octanol–water partition coefficient (Wildman–Crippen LogP) is 1.49. The summed E-state index contributed by atoms with van der Waals surface area (Å²) in [4.78, 5) is 11.7. The van der Waals surface area contributed by atoms with Crippen molar-refractivity contribution in [1.29, 1.82) is 0 Å². The summed E-state index contributed by atoms with van der Waals surface area (Å²) in [6.45, 7) is 3.91. The Morgan fingerprint density at radius 1 is 1.47 bits per heavy atom. The maximum atomic E-state index is 11.7. The van der Waals surface area contributed by atoms with E-state index < -0.39 is 46.7 Å². The fourth-order valence-electron chi connectivity index (χ4n) is 1.37. The quantitative estimate of drug-likeness (QED) is 0.377. The van der Waals surface area contributed by atoms with Gasteiger partial charge < -0.3 is 0 Å². The van der Waals surface area contributed by atoms with E-state index in [9.17, 15) is 4.79 Å². The van der Waals surface area contributed by atoms with Crippen molar-refractivity contribution in [1.82, 2.24) is 0 Å². The molecule has 0 atom stereocenters. The second kappa shape index (κ2) is 6.82. The Kier molecular flexibility index (Phi) is 6.48. The summed E-state index contributed by atoms with van der Waals surface area (Å²) in [6, 6.07) is 0. The van der Waals surface area contributed by atoms with Gasteiger partial charge in [0.2, 0.25) is 0 Å². The molecule has 0 unspecified atom stereocenters. The van der Waals surface area contributed by atoms with Crippen LogP contribution in [0.4, 0.5) is 0 Å². The number of hydrogen-bond acceptors (Lipinski definition) is 3. The topological polar surface area (TPSA) is 39.4 Å². The van der Waals surface area contributed by atoms with E-state index in [4.69, 9.17) is 25.7 Å². The summed E-state index contributed by atoms with van der Waals surface area (Å²) >= 11 is -3.33. The van der Waals surface area contributed by atoms with Crippen LogP contribution in [-0.2, 0) is 51.4 Å². The molecule has 0 spiro atoms. The van der Waals surface area contributed by atoms with E-state index in [1.165, 1.54) is 0 Å². The van der Waals surface area contributed by atoms with Gasteiger partial charge in [0.05, 0.1) is 0 Å². The van der Waals surface area contributed by atoms with Gasteiger partial charge in [0, 0.05) is 0 Å². The zero-order chi connectivity index (χ0) is 11.4. The van der Waals surface area contributed by atoms with Gasteiger partial charge in [-0.1, -0.05) is 0 Å². The predicted molar refractivity (Wildman–Crippen MR) is 50.4 cm³/mol. The van der Waals surface area contributed by atoms with Crippen LogP contribution in [0.2, 0.25) is 0 Å². The molecular weight excluding hydrogens is 616 g/mol. The van der Waals surface area contributed by atoms with Crippen LogP contribution in [0.5, 0.6) is 0 Å². The van der Waals surface area contributed by atoms with Crippen LogP contribution >= 0.6 is 16.5 Å². The monoisotopic (exact) mass is 626 g/mol. The number of carbonyl (C=O) groups excluding carboxylic acids is 1. The standard InChI is InChI=1S/C8H8O3.2ClH.2Hg/c1-3-10-8(9)7-4-5-11-6(7)2;;;;/h3H2,1-2H3;2*1H;;/q;;;2*+1/p-2. The van der Waals surface area contributed by atoms with Gasteiger partial charge in [-0.25, -0.2) is 0 Å². The van der Waals surface area contributed by atoms with Gasteiger partial charge >= 0.3 is 121 Å². The molecule has 1 aromatic heterocycles. The van der Waals surface area contributed by atoms with Crippen molar-refractivity contribution in [2.45, 2.75) is 13.8 Å². The van der Waals surface area contributed by atoms with E-state index in [1.54, 1.807) is 13.8 Å². The van der Waals surface area contributed by atoms with Crippen molar-refractivity contribution >= 4 is 28.8 Å². The summed E-state index contributed by atoms with van der Waals surface area (Å²) in [5.41, 5.74) is 0.559. The minimum atomic E-state index is -1.69. The van der Waals surface area contributed by atoms with Gasteiger partial charge in [-0.2, -0.15) is 0 Å².